The molecule has 0 unspecified atom stereocenters. The molecule has 2 N–H and O–H groups in total. The number of ether oxygens (including phenoxy) is 1. The highest BCUT2D eigenvalue weighted by atomic mass is 16.5. The minimum Gasteiger partial charge on any atom is -0.490 e. The SMILES string of the molecule is C=CCOc1ccc(C=CCN)cc1. The molecule has 74 valence electrons. The third-order valence-corrected chi connectivity index (χ3v) is 1.69. The van der Waals surface area contributed by atoms with Crippen molar-refractivity contribution in [2.75, 3.05) is 13.2 Å². The summed E-state index contributed by atoms with van der Waals surface area (Å²) in [6.07, 6.45) is 5.62. The van der Waals surface area contributed by atoms with Crippen molar-refractivity contribution in [3.8, 4) is 5.75 Å². The predicted octanol–water partition coefficient (Wildman–Crippen LogP) is 2.22. The first kappa shape index (κ1) is 10.5. The number of rotatable bonds is 5. The van der Waals surface area contributed by atoms with Gasteiger partial charge in [0.1, 0.15) is 12.4 Å². The van der Waals surface area contributed by atoms with E-state index in [1.807, 2.05) is 36.4 Å². The smallest absolute Gasteiger partial charge is 0.119 e. The van der Waals surface area contributed by atoms with E-state index in [2.05, 4.69) is 6.58 Å². The molecule has 0 amide bonds. The maximum atomic E-state index is 5.35. The summed E-state index contributed by atoms with van der Waals surface area (Å²) < 4.78 is 5.35. The zero-order chi connectivity index (χ0) is 10.2. The molecule has 0 saturated heterocycles. The van der Waals surface area contributed by atoms with Gasteiger partial charge in [-0.25, -0.2) is 0 Å². The molecular formula is C12H15NO. The Labute approximate surface area is 84.7 Å². The van der Waals surface area contributed by atoms with Crippen LogP contribution in [0.3, 0.4) is 0 Å². The monoisotopic (exact) mass is 189 g/mol. The van der Waals surface area contributed by atoms with Gasteiger partial charge >= 0.3 is 0 Å². The Bertz CT molecular complexity index is 301. The third kappa shape index (κ3) is 3.46. The molecule has 2 heteroatoms. The average Bonchev–Trinajstić information content (AvgIpc) is 2.25. The second-order valence-electron chi connectivity index (χ2n) is 2.81. The number of benzene rings is 1. The van der Waals surface area contributed by atoms with E-state index >= 15 is 0 Å². The molecule has 0 spiro atoms. The van der Waals surface area contributed by atoms with Crippen LogP contribution in [0, 0.1) is 0 Å². The summed E-state index contributed by atoms with van der Waals surface area (Å²) in [6, 6.07) is 7.84. The molecule has 14 heavy (non-hydrogen) atoms. The first-order valence-corrected chi connectivity index (χ1v) is 4.57. The fraction of sp³-hybridized carbons (Fsp3) is 0.167. The molecule has 0 atom stereocenters. The molecule has 0 bridgehead atoms. The van der Waals surface area contributed by atoms with Crippen molar-refractivity contribution in [3.05, 3.63) is 48.6 Å². The van der Waals surface area contributed by atoms with E-state index in [4.69, 9.17) is 10.5 Å². The van der Waals surface area contributed by atoms with Gasteiger partial charge in [0.15, 0.2) is 0 Å². The van der Waals surface area contributed by atoms with Crippen molar-refractivity contribution in [1.29, 1.82) is 0 Å². The van der Waals surface area contributed by atoms with E-state index in [9.17, 15) is 0 Å². The standard InChI is InChI=1S/C12H15NO/c1-2-10-14-12-7-5-11(6-8-12)4-3-9-13/h2-8H,1,9-10,13H2. The maximum Gasteiger partial charge on any atom is 0.119 e. The lowest BCUT2D eigenvalue weighted by molar-refractivity contribution is 0.363. The molecule has 0 aliphatic heterocycles. The minimum atomic E-state index is 0.540. The van der Waals surface area contributed by atoms with Gasteiger partial charge in [-0.05, 0) is 17.7 Å². The second-order valence-corrected chi connectivity index (χ2v) is 2.81. The molecule has 0 aromatic heterocycles. The molecule has 0 aliphatic rings. The van der Waals surface area contributed by atoms with Crippen LogP contribution < -0.4 is 10.5 Å². The van der Waals surface area contributed by atoms with Crippen LogP contribution in [0.1, 0.15) is 5.56 Å². The summed E-state index contributed by atoms with van der Waals surface area (Å²) in [7, 11) is 0. The van der Waals surface area contributed by atoms with Crippen LogP contribution in [0.25, 0.3) is 6.08 Å². The predicted molar refractivity (Wildman–Crippen MR) is 60.2 cm³/mol. The summed E-state index contributed by atoms with van der Waals surface area (Å²) in [6.45, 7) is 4.69. The Hall–Kier alpha value is -1.54. The van der Waals surface area contributed by atoms with Crippen LogP contribution in [0.15, 0.2) is 43.0 Å². The Morgan fingerprint density at radius 1 is 1.29 bits per heavy atom. The molecule has 0 fully saturated rings. The van der Waals surface area contributed by atoms with Gasteiger partial charge in [0.25, 0.3) is 0 Å². The zero-order valence-electron chi connectivity index (χ0n) is 8.15. The van der Waals surface area contributed by atoms with Gasteiger partial charge in [0.2, 0.25) is 0 Å². The Morgan fingerprint density at radius 3 is 2.57 bits per heavy atom. The van der Waals surface area contributed by atoms with Crippen molar-refractivity contribution in [3.63, 3.8) is 0 Å². The number of hydrogen-bond acceptors (Lipinski definition) is 2. The summed E-state index contributed by atoms with van der Waals surface area (Å²) in [4.78, 5) is 0. The topological polar surface area (TPSA) is 35.2 Å². The average molecular weight is 189 g/mol. The highest BCUT2D eigenvalue weighted by Gasteiger charge is 1.90. The highest BCUT2D eigenvalue weighted by molar-refractivity contribution is 5.50. The summed E-state index contributed by atoms with van der Waals surface area (Å²) >= 11 is 0. The summed E-state index contributed by atoms with van der Waals surface area (Å²) in [5, 5.41) is 0. The molecule has 0 heterocycles. The van der Waals surface area contributed by atoms with E-state index in [0.29, 0.717) is 13.2 Å². The van der Waals surface area contributed by atoms with Crippen molar-refractivity contribution >= 4 is 6.08 Å². The van der Waals surface area contributed by atoms with Gasteiger partial charge in [-0.15, -0.1) is 0 Å². The first-order valence-electron chi connectivity index (χ1n) is 4.57. The molecule has 0 saturated carbocycles. The Kier molecular flexibility index (Phi) is 4.51. The lowest BCUT2D eigenvalue weighted by atomic mass is 10.2. The van der Waals surface area contributed by atoms with Crippen LogP contribution in [0.2, 0.25) is 0 Å². The second kappa shape index (κ2) is 6.00. The Balaban J connectivity index is 2.58. The fourth-order valence-corrected chi connectivity index (χ4v) is 1.03. The molecule has 1 aromatic carbocycles. The van der Waals surface area contributed by atoms with Gasteiger partial charge in [-0.2, -0.15) is 0 Å². The van der Waals surface area contributed by atoms with E-state index < -0.39 is 0 Å². The van der Waals surface area contributed by atoms with E-state index in [1.165, 1.54) is 0 Å². The zero-order valence-corrected chi connectivity index (χ0v) is 8.15. The van der Waals surface area contributed by atoms with Gasteiger partial charge in [-0.1, -0.05) is 36.9 Å². The molecular weight excluding hydrogens is 174 g/mol. The summed E-state index contributed by atoms with van der Waals surface area (Å²) in [5.74, 6) is 0.856. The van der Waals surface area contributed by atoms with Gasteiger partial charge < -0.3 is 10.5 Å². The van der Waals surface area contributed by atoms with E-state index in [0.717, 1.165) is 11.3 Å². The van der Waals surface area contributed by atoms with Crippen LogP contribution in [-0.4, -0.2) is 13.2 Å². The van der Waals surface area contributed by atoms with Crippen molar-refractivity contribution in [2.45, 2.75) is 0 Å². The van der Waals surface area contributed by atoms with Crippen LogP contribution >= 0.6 is 0 Å². The van der Waals surface area contributed by atoms with Crippen LogP contribution in [-0.2, 0) is 0 Å². The number of hydrogen-bond donors (Lipinski definition) is 1. The highest BCUT2D eigenvalue weighted by Crippen LogP contribution is 2.12. The molecule has 0 aliphatic carbocycles. The minimum absolute atomic E-state index is 0.540. The van der Waals surface area contributed by atoms with Crippen molar-refractivity contribution in [1.82, 2.24) is 0 Å². The lowest BCUT2D eigenvalue weighted by Gasteiger charge is -2.02. The molecule has 2 nitrogen and oxygen atoms in total. The third-order valence-electron chi connectivity index (χ3n) is 1.69. The van der Waals surface area contributed by atoms with Crippen molar-refractivity contribution < 1.29 is 4.74 Å². The molecule has 1 aromatic rings. The summed E-state index contributed by atoms with van der Waals surface area (Å²) in [5.41, 5.74) is 6.48. The van der Waals surface area contributed by atoms with E-state index in [-0.39, 0.29) is 0 Å². The van der Waals surface area contributed by atoms with E-state index in [1.54, 1.807) is 6.08 Å². The Morgan fingerprint density at radius 2 is 2.00 bits per heavy atom. The maximum absolute atomic E-state index is 5.35. The molecule has 0 radical (unpaired) electrons. The van der Waals surface area contributed by atoms with Gasteiger partial charge in [0.05, 0.1) is 0 Å². The quantitative estimate of drug-likeness (QED) is 0.721. The molecule has 1 rings (SSSR count). The lowest BCUT2D eigenvalue weighted by Crippen LogP contribution is -1.93. The van der Waals surface area contributed by atoms with Crippen LogP contribution in [0.4, 0.5) is 0 Å². The number of nitrogens with two attached hydrogens (primary N) is 1. The normalized spacial score (nSPS) is 10.4. The van der Waals surface area contributed by atoms with Gasteiger partial charge in [-0.3, -0.25) is 0 Å². The van der Waals surface area contributed by atoms with Crippen molar-refractivity contribution in [2.24, 2.45) is 5.73 Å². The van der Waals surface area contributed by atoms with Gasteiger partial charge in [0, 0.05) is 6.54 Å². The fourth-order valence-electron chi connectivity index (χ4n) is 1.03. The van der Waals surface area contributed by atoms with Crippen LogP contribution in [0.5, 0.6) is 5.75 Å². The first-order chi connectivity index (χ1) is 6.86. The largest absolute Gasteiger partial charge is 0.490 e.